The van der Waals surface area contributed by atoms with Crippen LogP contribution in [0.15, 0.2) is 54.6 Å². The third kappa shape index (κ3) is 4.38. The first kappa shape index (κ1) is 15.6. The molecule has 0 spiro atoms. The Morgan fingerprint density at radius 1 is 1.14 bits per heavy atom. The monoisotopic (exact) mass is 297 g/mol. The normalized spacial score (nSPS) is 10.5. The molecule has 4 heteroatoms. The number of hydrogen-bond acceptors (Lipinski definition) is 3. The molecule has 114 valence electrons. The van der Waals surface area contributed by atoms with Crippen molar-refractivity contribution in [2.45, 2.75) is 6.92 Å². The highest BCUT2D eigenvalue weighted by Crippen LogP contribution is 2.19. The molecule has 0 aliphatic rings. The van der Waals surface area contributed by atoms with Gasteiger partial charge in [-0.3, -0.25) is 4.79 Å². The SMILES string of the molecule is CCOc1ccc(NC(=O)/C=C/c2ccccc2OC)cc1. The van der Waals surface area contributed by atoms with Gasteiger partial charge in [-0.05, 0) is 43.3 Å². The number of carbonyl (C=O) groups excluding carboxylic acids is 1. The molecule has 2 aromatic carbocycles. The molecular formula is C18H19NO3. The van der Waals surface area contributed by atoms with Crippen molar-refractivity contribution < 1.29 is 14.3 Å². The highest BCUT2D eigenvalue weighted by molar-refractivity contribution is 6.02. The molecule has 1 N–H and O–H groups in total. The van der Waals surface area contributed by atoms with E-state index in [4.69, 9.17) is 9.47 Å². The van der Waals surface area contributed by atoms with E-state index >= 15 is 0 Å². The molecule has 0 saturated heterocycles. The fourth-order valence-electron chi connectivity index (χ4n) is 1.95. The molecule has 2 rings (SSSR count). The van der Waals surface area contributed by atoms with Gasteiger partial charge < -0.3 is 14.8 Å². The van der Waals surface area contributed by atoms with Gasteiger partial charge >= 0.3 is 0 Å². The van der Waals surface area contributed by atoms with E-state index in [1.807, 2.05) is 43.3 Å². The van der Waals surface area contributed by atoms with Gasteiger partial charge in [0.1, 0.15) is 11.5 Å². The van der Waals surface area contributed by atoms with Crippen LogP contribution in [0, 0.1) is 0 Å². The minimum Gasteiger partial charge on any atom is -0.496 e. The maximum Gasteiger partial charge on any atom is 0.248 e. The van der Waals surface area contributed by atoms with E-state index in [1.54, 1.807) is 25.3 Å². The van der Waals surface area contributed by atoms with Crippen LogP contribution >= 0.6 is 0 Å². The third-order valence-corrected chi connectivity index (χ3v) is 2.99. The molecular weight excluding hydrogens is 278 g/mol. The van der Waals surface area contributed by atoms with Crippen LogP contribution in [0.3, 0.4) is 0 Å². The van der Waals surface area contributed by atoms with Crippen molar-refractivity contribution in [1.82, 2.24) is 0 Å². The van der Waals surface area contributed by atoms with Crippen molar-refractivity contribution >= 4 is 17.7 Å². The second-order valence-corrected chi connectivity index (χ2v) is 4.52. The van der Waals surface area contributed by atoms with Crippen LogP contribution in [0.1, 0.15) is 12.5 Å². The minimum atomic E-state index is -0.199. The molecule has 0 aromatic heterocycles. The average molecular weight is 297 g/mol. The second-order valence-electron chi connectivity index (χ2n) is 4.52. The summed E-state index contributed by atoms with van der Waals surface area (Å²) in [6.07, 6.45) is 3.21. The molecule has 0 heterocycles. The van der Waals surface area contributed by atoms with Gasteiger partial charge in [0.25, 0.3) is 0 Å². The number of ether oxygens (including phenoxy) is 2. The van der Waals surface area contributed by atoms with Gasteiger partial charge in [-0.2, -0.15) is 0 Å². The lowest BCUT2D eigenvalue weighted by atomic mass is 10.2. The number of carbonyl (C=O) groups is 1. The summed E-state index contributed by atoms with van der Waals surface area (Å²) >= 11 is 0. The van der Waals surface area contributed by atoms with Crippen LogP contribution in [-0.2, 0) is 4.79 Å². The Morgan fingerprint density at radius 3 is 2.55 bits per heavy atom. The van der Waals surface area contributed by atoms with Crippen LogP contribution in [0.2, 0.25) is 0 Å². The quantitative estimate of drug-likeness (QED) is 0.826. The standard InChI is InChI=1S/C18H19NO3/c1-3-22-16-11-9-15(10-12-16)19-18(20)13-8-14-6-4-5-7-17(14)21-2/h4-13H,3H2,1-2H3,(H,19,20)/b13-8+. The number of anilines is 1. The molecule has 2 aromatic rings. The molecule has 0 bridgehead atoms. The molecule has 0 unspecified atom stereocenters. The van der Waals surface area contributed by atoms with Gasteiger partial charge in [0.05, 0.1) is 13.7 Å². The van der Waals surface area contributed by atoms with E-state index in [2.05, 4.69) is 5.32 Å². The largest absolute Gasteiger partial charge is 0.496 e. The molecule has 0 radical (unpaired) electrons. The molecule has 4 nitrogen and oxygen atoms in total. The Bertz CT molecular complexity index is 648. The van der Waals surface area contributed by atoms with Crippen molar-refractivity contribution in [3.05, 3.63) is 60.2 Å². The van der Waals surface area contributed by atoms with Gasteiger partial charge in [0, 0.05) is 17.3 Å². The Morgan fingerprint density at radius 2 is 1.86 bits per heavy atom. The number of para-hydroxylation sites is 1. The zero-order valence-corrected chi connectivity index (χ0v) is 12.7. The number of nitrogens with one attached hydrogen (secondary N) is 1. The summed E-state index contributed by atoms with van der Waals surface area (Å²) in [5, 5.41) is 2.80. The first-order valence-electron chi connectivity index (χ1n) is 7.08. The number of amides is 1. The van der Waals surface area contributed by atoms with Crippen molar-refractivity contribution in [2.75, 3.05) is 19.0 Å². The molecule has 0 aliphatic heterocycles. The van der Waals surface area contributed by atoms with Crippen LogP contribution < -0.4 is 14.8 Å². The molecule has 1 amide bonds. The zero-order chi connectivity index (χ0) is 15.8. The van der Waals surface area contributed by atoms with Crippen molar-refractivity contribution in [2.24, 2.45) is 0 Å². The Hall–Kier alpha value is -2.75. The minimum absolute atomic E-state index is 0.199. The van der Waals surface area contributed by atoms with Crippen LogP contribution in [0.4, 0.5) is 5.69 Å². The van der Waals surface area contributed by atoms with Crippen molar-refractivity contribution in [1.29, 1.82) is 0 Å². The van der Waals surface area contributed by atoms with Crippen molar-refractivity contribution in [3.63, 3.8) is 0 Å². The number of rotatable bonds is 6. The van der Waals surface area contributed by atoms with E-state index in [0.717, 1.165) is 22.7 Å². The van der Waals surface area contributed by atoms with Gasteiger partial charge in [-0.1, -0.05) is 18.2 Å². The smallest absolute Gasteiger partial charge is 0.248 e. The lowest BCUT2D eigenvalue weighted by molar-refractivity contribution is -0.111. The van der Waals surface area contributed by atoms with Crippen LogP contribution in [0.25, 0.3) is 6.08 Å². The Kier molecular flexibility index (Phi) is 5.60. The highest BCUT2D eigenvalue weighted by Gasteiger charge is 2.01. The summed E-state index contributed by atoms with van der Waals surface area (Å²) in [7, 11) is 1.60. The predicted octanol–water partition coefficient (Wildman–Crippen LogP) is 3.75. The fraction of sp³-hybridized carbons (Fsp3) is 0.167. The van der Waals surface area contributed by atoms with E-state index < -0.39 is 0 Å². The summed E-state index contributed by atoms with van der Waals surface area (Å²) in [6, 6.07) is 14.8. The maximum absolute atomic E-state index is 11.9. The Labute approximate surface area is 130 Å². The fourth-order valence-corrected chi connectivity index (χ4v) is 1.95. The lowest BCUT2D eigenvalue weighted by Gasteiger charge is -2.06. The van der Waals surface area contributed by atoms with Crippen LogP contribution in [0.5, 0.6) is 11.5 Å². The number of hydrogen-bond donors (Lipinski definition) is 1. The summed E-state index contributed by atoms with van der Waals surface area (Å²) in [6.45, 7) is 2.55. The summed E-state index contributed by atoms with van der Waals surface area (Å²) in [5.74, 6) is 1.31. The lowest BCUT2D eigenvalue weighted by Crippen LogP contribution is -2.07. The first-order valence-corrected chi connectivity index (χ1v) is 7.08. The first-order chi connectivity index (χ1) is 10.7. The summed E-state index contributed by atoms with van der Waals surface area (Å²) in [4.78, 5) is 11.9. The molecule has 0 aliphatic carbocycles. The maximum atomic E-state index is 11.9. The van der Waals surface area contributed by atoms with E-state index in [9.17, 15) is 4.79 Å². The van der Waals surface area contributed by atoms with Gasteiger partial charge in [0.15, 0.2) is 0 Å². The summed E-state index contributed by atoms with van der Waals surface area (Å²) < 4.78 is 10.6. The third-order valence-electron chi connectivity index (χ3n) is 2.99. The number of benzene rings is 2. The predicted molar refractivity (Wildman–Crippen MR) is 88.3 cm³/mol. The zero-order valence-electron chi connectivity index (χ0n) is 12.7. The highest BCUT2D eigenvalue weighted by atomic mass is 16.5. The van der Waals surface area contributed by atoms with Crippen molar-refractivity contribution in [3.8, 4) is 11.5 Å². The second kappa shape index (κ2) is 7.88. The van der Waals surface area contributed by atoms with Gasteiger partial charge in [-0.15, -0.1) is 0 Å². The molecule has 0 atom stereocenters. The van der Waals surface area contributed by atoms with Gasteiger partial charge in [0.2, 0.25) is 5.91 Å². The van der Waals surface area contributed by atoms with Gasteiger partial charge in [-0.25, -0.2) is 0 Å². The van der Waals surface area contributed by atoms with E-state index in [1.165, 1.54) is 6.08 Å². The van der Waals surface area contributed by atoms with E-state index in [-0.39, 0.29) is 5.91 Å². The molecule has 0 fully saturated rings. The van der Waals surface area contributed by atoms with Crippen LogP contribution in [-0.4, -0.2) is 19.6 Å². The van der Waals surface area contributed by atoms with E-state index in [0.29, 0.717) is 6.61 Å². The summed E-state index contributed by atoms with van der Waals surface area (Å²) in [5.41, 5.74) is 1.57. The molecule has 22 heavy (non-hydrogen) atoms. The number of methoxy groups -OCH3 is 1. The Balaban J connectivity index is 1.98. The topological polar surface area (TPSA) is 47.6 Å². The molecule has 0 saturated carbocycles. The average Bonchev–Trinajstić information content (AvgIpc) is 2.55.